The maximum atomic E-state index is 10.5. The van der Waals surface area contributed by atoms with Gasteiger partial charge in [0.05, 0.1) is 17.9 Å². The Morgan fingerprint density at radius 2 is 2.05 bits per heavy atom. The molecule has 1 aliphatic heterocycles. The number of urea groups is 1. The van der Waals surface area contributed by atoms with Crippen LogP contribution in [0.25, 0.3) is 0 Å². The Hall–Kier alpha value is -2.35. The number of amides is 2. The first-order chi connectivity index (χ1) is 8.74. The predicted octanol–water partition coefficient (Wildman–Crippen LogP) is 1.15. The van der Waals surface area contributed by atoms with Crippen LogP contribution in [0.2, 0.25) is 0 Å². The summed E-state index contributed by atoms with van der Waals surface area (Å²) in [7, 11) is 0. The number of hydrazine groups is 1. The Labute approximate surface area is 116 Å². The van der Waals surface area contributed by atoms with E-state index in [9.17, 15) is 4.79 Å². The maximum absolute atomic E-state index is 10.5. The van der Waals surface area contributed by atoms with E-state index in [0.717, 1.165) is 13.1 Å². The van der Waals surface area contributed by atoms with Crippen molar-refractivity contribution < 1.29 is 4.79 Å². The molecular weight excluding hydrogens is 270 g/mol. The summed E-state index contributed by atoms with van der Waals surface area (Å²) in [5, 5.41) is 11.0. The number of nitrogens with two attached hydrogens (primary N) is 1. The number of aliphatic imine (C=N–C) groups is 1. The van der Waals surface area contributed by atoms with Crippen molar-refractivity contribution in [2.24, 2.45) is 21.0 Å². The van der Waals surface area contributed by atoms with Gasteiger partial charge in [0.1, 0.15) is 0 Å². The molecule has 9 heteroatoms. The molecule has 0 bridgehead atoms. The summed E-state index contributed by atoms with van der Waals surface area (Å²) >= 11 is 0. The highest BCUT2D eigenvalue weighted by Gasteiger charge is 2.02. The lowest BCUT2D eigenvalue weighted by Gasteiger charge is -2.05. The Morgan fingerprint density at radius 3 is 2.63 bits per heavy atom. The van der Waals surface area contributed by atoms with Gasteiger partial charge in [-0.15, -0.1) is 22.6 Å². The maximum Gasteiger partial charge on any atom is 0.330 e. The van der Waals surface area contributed by atoms with Crippen molar-refractivity contribution in [2.75, 3.05) is 18.5 Å². The van der Waals surface area contributed by atoms with Crippen LogP contribution >= 0.6 is 12.4 Å². The molecule has 1 aromatic carbocycles. The first kappa shape index (κ1) is 14.7. The number of azo groups is 1. The molecule has 0 spiro atoms. The number of hydrogen-bond acceptors (Lipinski definition) is 6. The van der Waals surface area contributed by atoms with Crippen LogP contribution in [0.5, 0.6) is 0 Å². The van der Waals surface area contributed by atoms with Crippen molar-refractivity contribution in [1.29, 1.82) is 0 Å². The van der Waals surface area contributed by atoms with Crippen LogP contribution in [-0.2, 0) is 0 Å². The van der Waals surface area contributed by atoms with Crippen LogP contribution in [0.3, 0.4) is 0 Å². The fourth-order valence-electron chi connectivity index (χ4n) is 1.30. The van der Waals surface area contributed by atoms with Crippen LogP contribution in [0.15, 0.2) is 39.5 Å². The minimum atomic E-state index is -0.649. The van der Waals surface area contributed by atoms with Gasteiger partial charge in [0.25, 0.3) is 0 Å². The molecule has 1 heterocycles. The van der Waals surface area contributed by atoms with E-state index in [1.807, 2.05) is 0 Å². The largest absolute Gasteiger partial charge is 0.351 e. The molecule has 2 amide bonds. The predicted molar refractivity (Wildman–Crippen MR) is 74.9 cm³/mol. The average molecular weight is 284 g/mol. The zero-order valence-corrected chi connectivity index (χ0v) is 10.8. The fourth-order valence-corrected chi connectivity index (χ4v) is 1.30. The standard InChI is InChI=1S/C10H13N7O.ClH/c11-9(18)16-14-7-1-3-8(4-2-7)15-17-10-12-5-6-13-10;/h1-4,14H,5-6H2,(H,12,13)(H3,11,16,18);1H. The van der Waals surface area contributed by atoms with E-state index in [-0.39, 0.29) is 12.4 Å². The molecule has 1 aromatic rings. The van der Waals surface area contributed by atoms with E-state index >= 15 is 0 Å². The summed E-state index contributed by atoms with van der Waals surface area (Å²) in [6, 6.07) is 6.35. The Bertz CT molecular complexity index is 485. The van der Waals surface area contributed by atoms with Crippen LogP contribution in [-0.4, -0.2) is 25.1 Å². The normalized spacial score (nSPS) is 13.4. The lowest BCUT2D eigenvalue weighted by molar-refractivity contribution is 0.250. The van der Waals surface area contributed by atoms with Crippen LogP contribution < -0.4 is 21.9 Å². The van der Waals surface area contributed by atoms with Gasteiger partial charge < -0.3 is 11.1 Å². The highest BCUT2D eigenvalue weighted by Crippen LogP contribution is 2.16. The molecule has 0 radical (unpaired) electrons. The number of rotatable bonds is 3. The number of guanidine groups is 1. The van der Waals surface area contributed by atoms with Crippen LogP contribution in [0, 0.1) is 0 Å². The lowest BCUT2D eigenvalue weighted by Crippen LogP contribution is -2.34. The van der Waals surface area contributed by atoms with E-state index in [4.69, 9.17) is 5.73 Å². The van der Waals surface area contributed by atoms with E-state index in [0.29, 0.717) is 17.3 Å². The molecule has 19 heavy (non-hydrogen) atoms. The molecule has 0 saturated carbocycles. The third-order valence-corrected chi connectivity index (χ3v) is 2.11. The van der Waals surface area contributed by atoms with Gasteiger partial charge in [-0.05, 0) is 24.3 Å². The van der Waals surface area contributed by atoms with Crippen molar-refractivity contribution >= 4 is 35.8 Å². The minimum Gasteiger partial charge on any atom is -0.351 e. The molecule has 2 rings (SSSR count). The zero-order valence-electron chi connectivity index (χ0n) is 9.96. The average Bonchev–Trinajstić information content (AvgIpc) is 2.88. The number of halogens is 1. The highest BCUT2D eigenvalue weighted by atomic mass is 35.5. The third-order valence-electron chi connectivity index (χ3n) is 2.11. The van der Waals surface area contributed by atoms with Crippen LogP contribution in [0.4, 0.5) is 16.2 Å². The summed E-state index contributed by atoms with van der Waals surface area (Å²) in [4.78, 5) is 14.6. The van der Waals surface area contributed by atoms with Gasteiger partial charge in [0.2, 0.25) is 5.96 Å². The number of nitrogens with zero attached hydrogens (tertiary/aromatic N) is 3. The summed E-state index contributed by atoms with van der Waals surface area (Å²) in [6.45, 7) is 1.53. The second-order valence-electron chi connectivity index (χ2n) is 3.49. The van der Waals surface area contributed by atoms with Crippen LogP contribution in [0.1, 0.15) is 0 Å². The molecular formula is C10H14ClN7O. The Morgan fingerprint density at radius 1 is 1.32 bits per heavy atom. The Balaban J connectivity index is 0.00000180. The monoisotopic (exact) mass is 283 g/mol. The van der Waals surface area contributed by atoms with Crippen molar-refractivity contribution in [2.45, 2.75) is 0 Å². The molecule has 102 valence electrons. The van der Waals surface area contributed by atoms with Crippen molar-refractivity contribution in [3.63, 3.8) is 0 Å². The summed E-state index contributed by atoms with van der Waals surface area (Å²) in [6.07, 6.45) is 0. The molecule has 0 fully saturated rings. The van der Waals surface area contributed by atoms with Crippen molar-refractivity contribution in [3.05, 3.63) is 24.3 Å². The number of nitrogens with one attached hydrogen (secondary N) is 3. The number of hydrogen-bond donors (Lipinski definition) is 4. The first-order valence-corrected chi connectivity index (χ1v) is 5.35. The second kappa shape index (κ2) is 7.17. The van der Waals surface area contributed by atoms with E-state index < -0.39 is 6.03 Å². The summed E-state index contributed by atoms with van der Waals surface area (Å²) in [5.41, 5.74) is 11.2. The third kappa shape index (κ3) is 4.80. The summed E-state index contributed by atoms with van der Waals surface area (Å²) < 4.78 is 0. The van der Waals surface area contributed by atoms with Gasteiger partial charge in [-0.25, -0.2) is 9.79 Å². The minimum absolute atomic E-state index is 0. The van der Waals surface area contributed by atoms with Gasteiger partial charge in [-0.3, -0.25) is 10.9 Å². The Kier molecular flexibility index (Phi) is 5.55. The fraction of sp³-hybridized carbons (Fsp3) is 0.200. The highest BCUT2D eigenvalue weighted by molar-refractivity contribution is 5.85. The van der Waals surface area contributed by atoms with Gasteiger partial charge in [-0.2, -0.15) is 0 Å². The summed E-state index contributed by atoms with van der Waals surface area (Å²) in [5.74, 6) is 0.549. The van der Waals surface area contributed by atoms with Gasteiger partial charge in [0, 0.05) is 6.54 Å². The first-order valence-electron chi connectivity index (χ1n) is 5.35. The van der Waals surface area contributed by atoms with E-state index in [2.05, 4.69) is 31.4 Å². The molecule has 0 atom stereocenters. The van der Waals surface area contributed by atoms with E-state index in [1.54, 1.807) is 24.3 Å². The van der Waals surface area contributed by atoms with E-state index in [1.165, 1.54) is 0 Å². The molecule has 1 aliphatic rings. The smallest absolute Gasteiger partial charge is 0.330 e. The molecule has 0 aromatic heterocycles. The van der Waals surface area contributed by atoms with Gasteiger partial charge >= 0.3 is 6.03 Å². The SMILES string of the molecule is Cl.NC(=O)NNc1ccc(N=NC2=NCCN2)cc1. The number of benzene rings is 1. The quantitative estimate of drug-likeness (QED) is 0.492. The molecule has 0 saturated heterocycles. The van der Waals surface area contributed by atoms with Crippen molar-refractivity contribution in [1.82, 2.24) is 10.7 Å². The number of carbonyl (C=O) groups excluding carboxylic acids is 1. The zero-order chi connectivity index (χ0) is 12.8. The van der Waals surface area contributed by atoms with Gasteiger partial charge in [-0.1, -0.05) is 0 Å². The topological polar surface area (TPSA) is 116 Å². The van der Waals surface area contributed by atoms with Gasteiger partial charge in [0.15, 0.2) is 0 Å². The molecule has 8 nitrogen and oxygen atoms in total. The second-order valence-corrected chi connectivity index (χ2v) is 3.49. The number of primary amides is 1. The molecule has 0 unspecified atom stereocenters. The number of anilines is 1. The molecule has 0 aliphatic carbocycles. The number of carbonyl (C=O) groups is 1. The lowest BCUT2D eigenvalue weighted by atomic mass is 10.3. The van der Waals surface area contributed by atoms with Crippen molar-refractivity contribution in [3.8, 4) is 0 Å². The molecule has 5 N–H and O–H groups in total.